The van der Waals surface area contributed by atoms with Gasteiger partial charge in [-0.2, -0.15) is 5.10 Å². The zero-order chi connectivity index (χ0) is 19.5. The van der Waals surface area contributed by atoms with E-state index in [0.29, 0.717) is 13.1 Å². The summed E-state index contributed by atoms with van der Waals surface area (Å²) in [5.74, 6) is -0.400. The fraction of sp³-hybridized carbons (Fsp3) is 0.500. The standard InChI is InChI=1S/C18H24N4O4S/c1-3-19-17(22-13-18(12-20-22)9-4-5-10-18)21-27(24,25)15-8-6-7-14(11-15)16(23)26-2/h6-8,11-12H,3-5,9-10,13H2,1-2H3,(H,19,21). The first-order valence-electron chi connectivity index (χ1n) is 8.97. The van der Waals surface area contributed by atoms with Crippen LogP contribution in [-0.4, -0.2) is 51.8 Å². The number of esters is 1. The minimum absolute atomic E-state index is 0.0186. The zero-order valence-corrected chi connectivity index (χ0v) is 16.3. The van der Waals surface area contributed by atoms with Gasteiger partial charge in [0, 0.05) is 18.2 Å². The smallest absolute Gasteiger partial charge is 0.337 e. The van der Waals surface area contributed by atoms with E-state index in [9.17, 15) is 13.2 Å². The molecular formula is C18H24N4O4S. The van der Waals surface area contributed by atoms with Crippen molar-refractivity contribution in [3.63, 3.8) is 0 Å². The van der Waals surface area contributed by atoms with Gasteiger partial charge in [0.05, 0.1) is 24.1 Å². The van der Waals surface area contributed by atoms with E-state index in [1.807, 2.05) is 13.1 Å². The number of nitrogens with zero attached hydrogens (tertiary/aromatic N) is 3. The number of sulfonamides is 1. The molecule has 0 aromatic heterocycles. The summed E-state index contributed by atoms with van der Waals surface area (Å²) in [6.07, 6.45) is 6.36. The van der Waals surface area contributed by atoms with Crippen molar-refractivity contribution in [1.29, 1.82) is 0 Å². The third-order valence-corrected chi connectivity index (χ3v) is 6.20. The molecule has 27 heavy (non-hydrogen) atoms. The fourth-order valence-electron chi connectivity index (χ4n) is 3.47. The monoisotopic (exact) mass is 392 g/mol. The SMILES string of the molecule is CCN=C(NS(=O)(=O)c1cccc(C(=O)OC)c1)N1CC2(C=N1)CCCC2. The molecule has 1 spiro atoms. The van der Waals surface area contributed by atoms with E-state index in [2.05, 4.69) is 19.6 Å². The molecule has 1 aromatic carbocycles. The Morgan fingerprint density at radius 2 is 2.11 bits per heavy atom. The van der Waals surface area contributed by atoms with Crippen molar-refractivity contribution in [2.75, 3.05) is 20.2 Å². The van der Waals surface area contributed by atoms with Crippen molar-refractivity contribution in [3.05, 3.63) is 29.8 Å². The number of nitrogens with one attached hydrogen (secondary N) is 1. The lowest BCUT2D eigenvalue weighted by Crippen LogP contribution is -2.43. The van der Waals surface area contributed by atoms with Gasteiger partial charge in [0.1, 0.15) is 0 Å². The summed E-state index contributed by atoms with van der Waals surface area (Å²) in [4.78, 5) is 15.9. The van der Waals surface area contributed by atoms with Gasteiger partial charge in [-0.25, -0.2) is 22.9 Å². The van der Waals surface area contributed by atoms with Crippen molar-refractivity contribution >= 4 is 28.2 Å². The van der Waals surface area contributed by atoms with Gasteiger partial charge in [-0.05, 0) is 38.0 Å². The van der Waals surface area contributed by atoms with Crippen LogP contribution < -0.4 is 4.72 Å². The molecule has 0 unspecified atom stereocenters. The number of hydrogen-bond donors (Lipinski definition) is 1. The number of ether oxygens (including phenoxy) is 1. The number of hydrogen-bond acceptors (Lipinski definition) is 6. The lowest BCUT2D eigenvalue weighted by Gasteiger charge is -2.23. The molecule has 8 nitrogen and oxygen atoms in total. The normalized spacial score (nSPS) is 18.9. The third-order valence-electron chi connectivity index (χ3n) is 4.88. The summed E-state index contributed by atoms with van der Waals surface area (Å²) in [6.45, 7) is 2.87. The topological polar surface area (TPSA) is 100 Å². The van der Waals surface area contributed by atoms with Crippen LogP contribution in [0.3, 0.4) is 0 Å². The van der Waals surface area contributed by atoms with E-state index in [0.717, 1.165) is 25.7 Å². The Kier molecular flexibility index (Phi) is 5.50. The molecule has 1 heterocycles. The molecule has 1 fully saturated rings. The molecule has 1 N–H and O–H groups in total. The molecule has 0 amide bonds. The quantitative estimate of drug-likeness (QED) is 0.480. The first-order chi connectivity index (χ1) is 12.9. The molecule has 1 aromatic rings. The minimum atomic E-state index is -3.92. The van der Waals surface area contributed by atoms with E-state index >= 15 is 0 Å². The predicted octanol–water partition coefficient (Wildman–Crippen LogP) is 1.99. The Hall–Kier alpha value is -2.42. The number of guanidine groups is 1. The molecule has 0 bridgehead atoms. The molecule has 0 atom stereocenters. The van der Waals surface area contributed by atoms with Crippen molar-refractivity contribution < 1.29 is 17.9 Å². The highest BCUT2D eigenvalue weighted by Crippen LogP contribution is 2.40. The summed E-state index contributed by atoms with van der Waals surface area (Å²) in [7, 11) is -2.67. The second-order valence-electron chi connectivity index (χ2n) is 6.79. The number of carbonyl (C=O) groups is 1. The molecule has 9 heteroatoms. The van der Waals surface area contributed by atoms with Gasteiger partial charge in [-0.3, -0.25) is 4.99 Å². The number of aliphatic imine (C=N–C) groups is 1. The summed E-state index contributed by atoms with van der Waals surface area (Å²) < 4.78 is 32.8. The van der Waals surface area contributed by atoms with Crippen LogP contribution in [0.25, 0.3) is 0 Å². The van der Waals surface area contributed by atoms with Gasteiger partial charge >= 0.3 is 5.97 Å². The maximum absolute atomic E-state index is 12.8. The summed E-state index contributed by atoms with van der Waals surface area (Å²) >= 11 is 0. The number of hydrazone groups is 1. The number of carbonyl (C=O) groups excluding carboxylic acids is 1. The van der Waals surface area contributed by atoms with Crippen LogP contribution in [0.15, 0.2) is 39.3 Å². The minimum Gasteiger partial charge on any atom is -0.465 e. The third kappa shape index (κ3) is 4.13. The van der Waals surface area contributed by atoms with Crippen LogP contribution in [0, 0.1) is 5.41 Å². The van der Waals surface area contributed by atoms with Gasteiger partial charge in [-0.1, -0.05) is 18.9 Å². The van der Waals surface area contributed by atoms with E-state index in [1.165, 1.54) is 31.4 Å². The second kappa shape index (κ2) is 7.67. The van der Waals surface area contributed by atoms with Gasteiger partial charge in [0.15, 0.2) is 0 Å². The average Bonchev–Trinajstić information content (AvgIpc) is 3.31. The molecule has 0 saturated heterocycles. The molecule has 146 valence electrons. The van der Waals surface area contributed by atoms with E-state index in [4.69, 9.17) is 0 Å². The highest BCUT2D eigenvalue weighted by Gasteiger charge is 2.39. The van der Waals surface area contributed by atoms with E-state index in [-0.39, 0.29) is 21.8 Å². The summed E-state index contributed by atoms with van der Waals surface area (Å²) in [6, 6.07) is 5.70. The van der Waals surface area contributed by atoms with Crippen LogP contribution in [0.4, 0.5) is 0 Å². The van der Waals surface area contributed by atoms with Crippen LogP contribution in [0.2, 0.25) is 0 Å². The molecule has 1 aliphatic carbocycles. The number of methoxy groups -OCH3 is 1. The Morgan fingerprint density at radius 3 is 2.78 bits per heavy atom. The van der Waals surface area contributed by atoms with Gasteiger partial charge in [0.2, 0.25) is 5.96 Å². The summed E-state index contributed by atoms with van der Waals surface area (Å²) in [5, 5.41) is 6.02. The van der Waals surface area contributed by atoms with Crippen LogP contribution in [0.5, 0.6) is 0 Å². The van der Waals surface area contributed by atoms with Gasteiger partial charge < -0.3 is 4.74 Å². The van der Waals surface area contributed by atoms with Crippen LogP contribution in [-0.2, 0) is 14.8 Å². The van der Waals surface area contributed by atoms with E-state index < -0.39 is 16.0 Å². The Balaban J connectivity index is 1.81. The number of benzene rings is 1. The Bertz CT molecular complexity index is 873. The lowest BCUT2D eigenvalue weighted by molar-refractivity contribution is 0.0600. The van der Waals surface area contributed by atoms with Crippen molar-refractivity contribution in [2.24, 2.45) is 15.5 Å². The first-order valence-corrected chi connectivity index (χ1v) is 10.5. The molecule has 0 radical (unpaired) electrons. The van der Waals surface area contributed by atoms with Crippen molar-refractivity contribution in [3.8, 4) is 0 Å². The largest absolute Gasteiger partial charge is 0.465 e. The lowest BCUT2D eigenvalue weighted by atomic mass is 9.88. The molecular weight excluding hydrogens is 368 g/mol. The summed E-state index contributed by atoms with van der Waals surface area (Å²) in [5.41, 5.74) is 0.184. The Labute approximate surface area is 159 Å². The molecule has 1 aliphatic heterocycles. The van der Waals surface area contributed by atoms with Crippen molar-refractivity contribution in [1.82, 2.24) is 9.73 Å². The van der Waals surface area contributed by atoms with Gasteiger partial charge in [0.25, 0.3) is 10.0 Å². The van der Waals surface area contributed by atoms with E-state index in [1.54, 1.807) is 5.01 Å². The highest BCUT2D eigenvalue weighted by molar-refractivity contribution is 7.90. The maximum Gasteiger partial charge on any atom is 0.337 e. The maximum atomic E-state index is 12.8. The Morgan fingerprint density at radius 1 is 1.37 bits per heavy atom. The molecule has 1 saturated carbocycles. The second-order valence-corrected chi connectivity index (χ2v) is 8.48. The fourth-order valence-corrected chi connectivity index (χ4v) is 4.54. The predicted molar refractivity (Wildman–Crippen MR) is 102 cm³/mol. The van der Waals surface area contributed by atoms with Crippen molar-refractivity contribution in [2.45, 2.75) is 37.5 Å². The molecule has 2 aliphatic rings. The zero-order valence-electron chi connectivity index (χ0n) is 15.5. The average molecular weight is 392 g/mol. The first kappa shape index (κ1) is 19.3. The van der Waals surface area contributed by atoms with Crippen LogP contribution >= 0.6 is 0 Å². The van der Waals surface area contributed by atoms with Crippen LogP contribution in [0.1, 0.15) is 43.0 Å². The molecule has 3 rings (SSSR count). The van der Waals surface area contributed by atoms with Gasteiger partial charge in [-0.15, -0.1) is 0 Å². The number of rotatable bonds is 4. The highest BCUT2D eigenvalue weighted by atomic mass is 32.2.